The second-order valence-electron chi connectivity index (χ2n) is 7.94. The molecule has 2 heterocycles. The van der Waals surface area contributed by atoms with Crippen molar-refractivity contribution < 1.29 is 4.79 Å². The van der Waals surface area contributed by atoms with Crippen LogP contribution in [0.5, 0.6) is 0 Å². The molecule has 0 unspecified atom stereocenters. The van der Waals surface area contributed by atoms with E-state index in [9.17, 15) is 4.79 Å². The Hall–Kier alpha value is -2.10. The molecule has 1 aromatic heterocycles. The molecule has 1 aromatic carbocycles. The van der Waals surface area contributed by atoms with Gasteiger partial charge in [-0.3, -0.25) is 14.5 Å². The van der Waals surface area contributed by atoms with E-state index in [1.54, 1.807) is 7.05 Å². The lowest BCUT2D eigenvalue weighted by Crippen LogP contribution is -2.38. The van der Waals surface area contributed by atoms with Crippen molar-refractivity contribution in [3.05, 3.63) is 47.3 Å². The SMILES string of the molecule is CN=C(NCc1ccc(N2CCCC2=O)cc1)N(C)Cc1cn(C)nc1C(C)C.I. The number of aliphatic imine (C=N–C) groups is 1. The average Bonchev–Trinajstić information content (AvgIpc) is 3.28. The normalized spacial score (nSPS) is 14.3. The maximum atomic E-state index is 11.9. The van der Waals surface area contributed by atoms with Gasteiger partial charge in [-0.15, -0.1) is 24.0 Å². The summed E-state index contributed by atoms with van der Waals surface area (Å²) in [6.07, 6.45) is 3.68. The second-order valence-corrected chi connectivity index (χ2v) is 7.94. The molecule has 0 radical (unpaired) electrons. The molecule has 30 heavy (non-hydrogen) atoms. The third-order valence-electron chi connectivity index (χ3n) is 5.24. The van der Waals surface area contributed by atoms with Gasteiger partial charge in [0.05, 0.1) is 5.69 Å². The average molecular weight is 524 g/mol. The molecule has 2 aromatic rings. The molecule has 3 rings (SSSR count). The molecule has 1 saturated heterocycles. The quantitative estimate of drug-likeness (QED) is 0.357. The Bertz CT molecular complexity index is 874. The molecule has 8 heteroatoms. The first-order valence-corrected chi connectivity index (χ1v) is 10.2. The predicted molar refractivity (Wildman–Crippen MR) is 132 cm³/mol. The zero-order valence-electron chi connectivity index (χ0n) is 18.6. The molecule has 1 aliphatic heterocycles. The van der Waals surface area contributed by atoms with Crippen LogP contribution < -0.4 is 10.2 Å². The van der Waals surface area contributed by atoms with E-state index in [1.165, 1.54) is 5.56 Å². The summed E-state index contributed by atoms with van der Waals surface area (Å²) >= 11 is 0. The summed E-state index contributed by atoms with van der Waals surface area (Å²) in [5.74, 6) is 1.44. The van der Waals surface area contributed by atoms with Gasteiger partial charge in [0.25, 0.3) is 0 Å². The minimum absolute atomic E-state index is 0. The maximum absolute atomic E-state index is 11.9. The highest BCUT2D eigenvalue weighted by Gasteiger charge is 2.21. The lowest BCUT2D eigenvalue weighted by Gasteiger charge is -2.22. The van der Waals surface area contributed by atoms with E-state index in [0.717, 1.165) is 42.4 Å². The number of aryl methyl sites for hydroxylation is 1. The van der Waals surface area contributed by atoms with Crippen molar-refractivity contribution in [2.24, 2.45) is 12.0 Å². The first kappa shape index (κ1) is 24.2. The molecule has 0 saturated carbocycles. The Morgan fingerprint density at radius 2 is 2.00 bits per heavy atom. The maximum Gasteiger partial charge on any atom is 0.227 e. The van der Waals surface area contributed by atoms with Gasteiger partial charge < -0.3 is 15.1 Å². The monoisotopic (exact) mass is 524 g/mol. The lowest BCUT2D eigenvalue weighted by molar-refractivity contribution is -0.117. The summed E-state index contributed by atoms with van der Waals surface area (Å²) in [5.41, 5.74) is 4.48. The third-order valence-corrected chi connectivity index (χ3v) is 5.24. The molecule has 0 bridgehead atoms. The third kappa shape index (κ3) is 5.74. The van der Waals surface area contributed by atoms with Crippen LogP contribution in [0.15, 0.2) is 35.5 Å². The highest BCUT2D eigenvalue weighted by molar-refractivity contribution is 14.0. The van der Waals surface area contributed by atoms with Gasteiger partial charge in [0.2, 0.25) is 5.91 Å². The molecule has 0 aliphatic carbocycles. The van der Waals surface area contributed by atoms with Gasteiger partial charge in [-0.1, -0.05) is 26.0 Å². The molecular weight excluding hydrogens is 491 g/mol. The number of carbonyl (C=O) groups is 1. The number of nitrogens with zero attached hydrogens (tertiary/aromatic N) is 5. The Kier molecular flexibility index (Phi) is 8.69. The Balaban J connectivity index is 0.00000320. The van der Waals surface area contributed by atoms with Crippen LogP contribution >= 0.6 is 24.0 Å². The van der Waals surface area contributed by atoms with Crippen LogP contribution in [0.4, 0.5) is 5.69 Å². The number of hydrogen-bond donors (Lipinski definition) is 1. The fraction of sp³-hybridized carbons (Fsp3) is 0.500. The lowest BCUT2D eigenvalue weighted by atomic mass is 10.1. The van der Waals surface area contributed by atoms with Crippen LogP contribution in [0.1, 0.15) is 49.4 Å². The molecule has 164 valence electrons. The van der Waals surface area contributed by atoms with Gasteiger partial charge in [0.1, 0.15) is 0 Å². The number of carbonyl (C=O) groups excluding carboxylic acids is 1. The molecule has 1 N–H and O–H groups in total. The number of guanidine groups is 1. The molecule has 0 spiro atoms. The minimum atomic E-state index is 0. The Labute approximate surface area is 196 Å². The largest absolute Gasteiger partial charge is 0.352 e. The van der Waals surface area contributed by atoms with Crippen LogP contribution in [0.25, 0.3) is 0 Å². The summed E-state index contributed by atoms with van der Waals surface area (Å²) in [6.45, 7) is 6.57. The Morgan fingerprint density at radius 1 is 1.30 bits per heavy atom. The van der Waals surface area contributed by atoms with Crippen LogP contribution in [0, 0.1) is 0 Å². The molecule has 1 fully saturated rings. The molecule has 1 aliphatic rings. The number of amides is 1. The zero-order valence-corrected chi connectivity index (χ0v) is 20.9. The number of aromatic nitrogens is 2. The van der Waals surface area contributed by atoms with E-state index in [4.69, 9.17) is 0 Å². The van der Waals surface area contributed by atoms with Crippen molar-refractivity contribution in [3.8, 4) is 0 Å². The summed E-state index contributed by atoms with van der Waals surface area (Å²) in [5, 5.41) is 8.02. The first-order chi connectivity index (χ1) is 13.9. The summed E-state index contributed by atoms with van der Waals surface area (Å²) < 4.78 is 1.88. The minimum Gasteiger partial charge on any atom is -0.352 e. The van der Waals surface area contributed by atoms with E-state index in [2.05, 4.69) is 52.5 Å². The van der Waals surface area contributed by atoms with Crippen molar-refractivity contribution in [2.75, 3.05) is 25.5 Å². The van der Waals surface area contributed by atoms with Crippen molar-refractivity contribution in [2.45, 2.75) is 45.7 Å². The van der Waals surface area contributed by atoms with E-state index < -0.39 is 0 Å². The number of hydrogen-bond acceptors (Lipinski definition) is 3. The van der Waals surface area contributed by atoms with Crippen LogP contribution in [-0.2, 0) is 24.9 Å². The number of benzene rings is 1. The predicted octanol–water partition coefficient (Wildman–Crippen LogP) is 3.50. The van der Waals surface area contributed by atoms with Gasteiger partial charge in [0.15, 0.2) is 5.96 Å². The van der Waals surface area contributed by atoms with Crippen molar-refractivity contribution in [3.63, 3.8) is 0 Å². The standard InChI is InChI=1S/C22H32N6O.HI/c1-16(2)21-18(15-27(5)25-21)14-26(4)22(23-3)24-13-17-8-10-19(11-9-17)28-12-6-7-20(28)29;/h8-11,15-16H,6-7,12-14H2,1-5H3,(H,23,24);1H. The Morgan fingerprint density at radius 3 is 2.57 bits per heavy atom. The highest BCUT2D eigenvalue weighted by Crippen LogP contribution is 2.22. The number of nitrogens with one attached hydrogen (secondary N) is 1. The molecule has 7 nitrogen and oxygen atoms in total. The fourth-order valence-corrected chi connectivity index (χ4v) is 3.77. The van der Waals surface area contributed by atoms with Crippen molar-refractivity contribution >= 4 is 41.5 Å². The van der Waals surface area contributed by atoms with E-state index in [-0.39, 0.29) is 29.9 Å². The highest BCUT2D eigenvalue weighted by atomic mass is 127. The first-order valence-electron chi connectivity index (χ1n) is 10.2. The summed E-state index contributed by atoms with van der Waals surface area (Å²) in [7, 11) is 5.80. The molecule has 1 amide bonds. The van der Waals surface area contributed by atoms with E-state index >= 15 is 0 Å². The smallest absolute Gasteiger partial charge is 0.227 e. The summed E-state index contributed by atoms with van der Waals surface area (Å²) in [4.78, 5) is 20.3. The number of halogens is 1. The van der Waals surface area contributed by atoms with Crippen molar-refractivity contribution in [1.29, 1.82) is 0 Å². The van der Waals surface area contributed by atoms with Gasteiger partial charge >= 0.3 is 0 Å². The molecule has 0 atom stereocenters. The van der Waals surface area contributed by atoms with Crippen LogP contribution in [0.3, 0.4) is 0 Å². The summed E-state index contributed by atoms with van der Waals surface area (Å²) in [6, 6.07) is 8.19. The fourth-order valence-electron chi connectivity index (χ4n) is 3.77. The van der Waals surface area contributed by atoms with E-state index in [0.29, 0.717) is 18.9 Å². The van der Waals surface area contributed by atoms with E-state index in [1.807, 2.05) is 35.8 Å². The zero-order chi connectivity index (χ0) is 21.0. The van der Waals surface area contributed by atoms with Gasteiger partial charge in [-0.2, -0.15) is 5.10 Å². The van der Waals surface area contributed by atoms with Gasteiger partial charge in [-0.25, -0.2) is 0 Å². The van der Waals surface area contributed by atoms with Crippen LogP contribution in [-0.4, -0.2) is 47.2 Å². The van der Waals surface area contributed by atoms with Gasteiger partial charge in [-0.05, 0) is 30.0 Å². The van der Waals surface area contributed by atoms with Crippen LogP contribution in [0.2, 0.25) is 0 Å². The number of rotatable bonds is 6. The van der Waals surface area contributed by atoms with Gasteiger partial charge in [0, 0.05) is 64.6 Å². The van der Waals surface area contributed by atoms with Crippen molar-refractivity contribution in [1.82, 2.24) is 20.0 Å². The molecular formula is C22H33IN6O. The topological polar surface area (TPSA) is 65.8 Å². The number of anilines is 1. The second kappa shape index (κ2) is 10.8.